The molecule has 1 aliphatic rings. The van der Waals surface area contributed by atoms with E-state index >= 15 is 0 Å². The number of pyridine rings is 1. The molecule has 21 heavy (non-hydrogen) atoms. The van der Waals surface area contributed by atoms with Gasteiger partial charge in [0.25, 0.3) is 5.91 Å². The van der Waals surface area contributed by atoms with Crippen LogP contribution in [0.3, 0.4) is 0 Å². The van der Waals surface area contributed by atoms with Gasteiger partial charge in [-0.1, -0.05) is 11.8 Å². The van der Waals surface area contributed by atoms with Crippen LogP contribution >= 0.6 is 0 Å². The molecule has 6 nitrogen and oxygen atoms in total. The number of imidazole rings is 1. The van der Waals surface area contributed by atoms with Crippen molar-refractivity contribution in [2.75, 3.05) is 13.1 Å². The summed E-state index contributed by atoms with van der Waals surface area (Å²) >= 11 is 0. The lowest BCUT2D eigenvalue weighted by Crippen LogP contribution is -2.39. The Hall–Kier alpha value is -2.65. The minimum absolute atomic E-state index is 0.119. The van der Waals surface area contributed by atoms with E-state index in [4.69, 9.17) is 5.73 Å². The van der Waals surface area contributed by atoms with Crippen molar-refractivity contribution in [3.63, 3.8) is 0 Å². The van der Waals surface area contributed by atoms with E-state index in [-0.39, 0.29) is 12.5 Å². The van der Waals surface area contributed by atoms with Crippen LogP contribution in [0, 0.1) is 11.8 Å². The van der Waals surface area contributed by atoms with Gasteiger partial charge in [-0.2, -0.15) is 0 Å². The Kier molecular flexibility index (Phi) is 3.67. The van der Waals surface area contributed by atoms with Crippen LogP contribution in [0.25, 0.3) is 0 Å². The summed E-state index contributed by atoms with van der Waals surface area (Å²) in [6.45, 7) is 2.14. The van der Waals surface area contributed by atoms with Gasteiger partial charge in [-0.25, -0.2) is 9.97 Å². The third kappa shape index (κ3) is 2.64. The first kappa shape index (κ1) is 13.3. The maximum absolute atomic E-state index is 12.6. The van der Waals surface area contributed by atoms with E-state index in [1.54, 1.807) is 29.4 Å². The first-order chi connectivity index (χ1) is 10.3. The number of carbonyl (C=O) groups excluding carboxylic acids is 1. The summed E-state index contributed by atoms with van der Waals surface area (Å²) in [7, 11) is 0. The minimum atomic E-state index is -0.119. The molecule has 2 aromatic rings. The number of hydrogen-bond donors (Lipinski definition) is 1. The van der Waals surface area contributed by atoms with Crippen molar-refractivity contribution in [1.82, 2.24) is 19.4 Å². The molecule has 3 heterocycles. The van der Waals surface area contributed by atoms with Crippen molar-refractivity contribution in [3.05, 3.63) is 47.8 Å². The van der Waals surface area contributed by atoms with Gasteiger partial charge in [0, 0.05) is 31.7 Å². The molecule has 2 aromatic heterocycles. The first-order valence-electron chi connectivity index (χ1n) is 6.73. The molecule has 0 spiro atoms. The van der Waals surface area contributed by atoms with E-state index in [2.05, 4.69) is 26.4 Å². The van der Waals surface area contributed by atoms with E-state index in [1.807, 2.05) is 6.20 Å². The molecule has 0 bridgehead atoms. The molecule has 0 radical (unpaired) electrons. The highest BCUT2D eigenvalue weighted by molar-refractivity contribution is 5.94. The standard InChI is InChI=1S/C15H15N5O/c16-5-1-3-12-4-2-6-18-14(12)15(21)20-10-9-19-8-7-17-13(19)11-20/h2,4,6-8H,5,9-11,16H2. The highest BCUT2D eigenvalue weighted by Gasteiger charge is 2.24. The van der Waals surface area contributed by atoms with Crippen molar-refractivity contribution in [1.29, 1.82) is 0 Å². The molecule has 6 heteroatoms. The molecular weight excluding hydrogens is 266 g/mol. The third-order valence-electron chi connectivity index (χ3n) is 3.37. The van der Waals surface area contributed by atoms with Gasteiger partial charge in [0.05, 0.1) is 18.7 Å². The molecule has 0 aliphatic carbocycles. The molecular formula is C15H15N5O. The highest BCUT2D eigenvalue weighted by Crippen LogP contribution is 2.14. The Labute approximate surface area is 122 Å². The fourth-order valence-corrected chi connectivity index (χ4v) is 2.32. The summed E-state index contributed by atoms with van der Waals surface area (Å²) in [4.78, 5) is 22.8. The minimum Gasteiger partial charge on any atom is -0.332 e. The van der Waals surface area contributed by atoms with E-state index in [0.717, 1.165) is 12.4 Å². The summed E-state index contributed by atoms with van der Waals surface area (Å²) in [6.07, 6.45) is 5.28. The summed E-state index contributed by atoms with van der Waals surface area (Å²) in [5.74, 6) is 6.44. The molecule has 1 aliphatic heterocycles. The van der Waals surface area contributed by atoms with Crippen molar-refractivity contribution in [2.24, 2.45) is 5.73 Å². The van der Waals surface area contributed by atoms with Crippen molar-refractivity contribution >= 4 is 5.91 Å². The molecule has 0 atom stereocenters. The van der Waals surface area contributed by atoms with Gasteiger partial charge in [-0.15, -0.1) is 0 Å². The maximum atomic E-state index is 12.6. The maximum Gasteiger partial charge on any atom is 0.274 e. The fourth-order valence-electron chi connectivity index (χ4n) is 2.32. The summed E-state index contributed by atoms with van der Waals surface area (Å²) in [5, 5.41) is 0. The zero-order valence-corrected chi connectivity index (χ0v) is 11.5. The largest absolute Gasteiger partial charge is 0.332 e. The smallest absolute Gasteiger partial charge is 0.274 e. The van der Waals surface area contributed by atoms with Crippen molar-refractivity contribution in [3.8, 4) is 11.8 Å². The van der Waals surface area contributed by atoms with Crippen LogP contribution in [0.4, 0.5) is 0 Å². The van der Waals surface area contributed by atoms with Gasteiger partial charge in [-0.05, 0) is 12.1 Å². The lowest BCUT2D eigenvalue weighted by Gasteiger charge is -2.27. The number of rotatable bonds is 1. The Morgan fingerprint density at radius 2 is 2.24 bits per heavy atom. The van der Waals surface area contributed by atoms with Gasteiger partial charge in [-0.3, -0.25) is 4.79 Å². The van der Waals surface area contributed by atoms with Crippen LogP contribution < -0.4 is 5.73 Å². The fraction of sp³-hybridized carbons (Fsp3) is 0.267. The molecule has 0 saturated carbocycles. The Balaban J connectivity index is 1.86. The molecule has 0 fully saturated rings. The molecule has 2 N–H and O–H groups in total. The van der Waals surface area contributed by atoms with Crippen molar-refractivity contribution in [2.45, 2.75) is 13.1 Å². The molecule has 0 aromatic carbocycles. The Bertz CT molecular complexity index is 725. The first-order valence-corrected chi connectivity index (χ1v) is 6.73. The normalized spacial score (nSPS) is 13.3. The van der Waals surface area contributed by atoms with Crippen LogP contribution in [0.1, 0.15) is 21.9 Å². The number of hydrogen-bond acceptors (Lipinski definition) is 4. The highest BCUT2D eigenvalue weighted by atomic mass is 16.2. The Morgan fingerprint density at radius 1 is 1.33 bits per heavy atom. The number of nitrogens with two attached hydrogens (primary N) is 1. The molecule has 0 saturated heterocycles. The van der Waals surface area contributed by atoms with Crippen LogP contribution in [-0.4, -0.2) is 38.4 Å². The number of fused-ring (bicyclic) bond motifs is 1. The summed E-state index contributed by atoms with van der Waals surface area (Å²) in [6, 6.07) is 3.55. The van der Waals surface area contributed by atoms with E-state index in [9.17, 15) is 4.79 Å². The average molecular weight is 281 g/mol. The lowest BCUT2D eigenvalue weighted by atomic mass is 10.1. The quantitative estimate of drug-likeness (QED) is 0.760. The SMILES string of the molecule is NCC#Cc1cccnc1C(=O)N1CCn2ccnc2C1. The second-order valence-corrected chi connectivity index (χ2v) is 4.67. The predicted octanol–water partition coefficient (Wildman–Crippen LogP) is 0.244. The van der Waals surface area contributed by atoms with Crippen LogP contribution in [-0.2, 0) is 13.1 Å². The molecule has 3 rings (SSSR count). The third-order valence-corrected chi connectivity index (χ3v) is 3.37. The van der Waals surface area contributed by atoms with Crippen molar-refractivity contribution < 1.29 is 4.79 Å². The summed E-state index contributed by atoms with van der Waals surface area (Å²) < 4.78 is 2.05. The topological polar surface area (TPSA) is 77.0 Å². The average Bonchev–Trinajstić information content (AvgIpc) is 3.00. The van der Waals surface area contributed by atoms with E-state index in [0.29, 0.717) is 24.3 Å². The zero-order chi connectivity index (χ0) is 14.7. The zero-order valence-electron chi connectivity index (χ0n) is 11.5. The molecule has 106 valence electrons. The second kappa shape index (κ2) is 5.77. The molecule has 0 unspecified atom stereocenters. The Morgan fingerprint density at radius 3 is 3.10 bits per heavy atom. The monoisotopic (exact) mass is 281 g/mol. The van der Waals surface area contributed by atoms with E-state index < -0.39 is 0 Å². The lowest BCUT2D eigenvalue weighted by molar-refractivity contribution is 0.0701. The van der Waals surface area contributed by atoms with Gasteiger partial charge in [0.15, 0.2) is 0 Å². The van der Waals surface area contributed by atoms with Crippen LogP contribution in [0.2, 0.25) is 0 Å². The van der Waals surface area contributed by atoms with Gasteiger partial charge >= 0.3 is 0 Å². The van der Waals surface area contributed by atoms with Gasteiger partial charge in [0.1, 0.15) is 11.5 Å². The number of nitrogens with zero attached hydrogens (tertiary/aromatic N) is 4. The van der Waals surface area contributed by atoms with Gasteiger partial charge < -0.3 is 15.2 Å². The van der Waals surface area contributed by atoms with Crippen LogP contribution in [0.15, 0.2) is 30.7 Å². The second-order valence-electron chi connectivity index (χ2n) is 4.67. The molecule has 1 amide bonds. The number of amides is 1. The number of carbonyl (C=O) groups is 1. The van der Waals surface area contributed by atoms with Crippen LogP contribution in [0.5, 0.6) is 0 Å². The summed E-state index contributed by atoms with van der Waals surface area (Å²) in [5.41, 5.74) is 6.37. The number of aromatic nitrogens is 3. The van der Waals surface area contributed by atoms with E-state index in [1.165, 1.54) is 0 Å². The predicted molar refractivity (Wildman–Crippen MR) is 77.1 cm³/mol. The van der Waals surface area contributed by atoms with Gasteiger partial charge in [0.2, 0.25) is 0 Å².